The first kappa shape index (κ1) is 20.9. The molecule has 2 heterocycles. The number of fused-ring (bicyclic) bond motifs is 3. The van der Waals surface area contributed by atoms with Gasteiger partial charge in [-0.05, 0) is 35.7 Å². The largest absolute Gasteiger partial charge is 0.462 e. The summed E-state index contributed by atoms with van der Waals surface area (Å²) in [6.07, 6.45) is 0.306. The molecule has 1 aromatic heterocycles. The number of hydrogen-bond acceptors (Lipinski definition) is 4. The van der Waals surface area contributed by atoms with E-state index < -0.39 is 35.9 Å². The number of aromatic nitrogens is 1. The van der Waals surface area contributed by atoms with Crippen molar-refractivity contribution in [2.45, 2.75) is 19.5 Å². The van der Waals surface area contributed by atoms with Crippen LogP contribution in [0.25, 0.3) is 10.9 Å². The zero-order valence-corrected chi connectivity index (χ0v) is 16.4. The molecule has 31 heavy (non-hydrogen) atoms. The normalized spacial score (nSPS) is 13.5. The van der Waals surface area contributed by atoms with Crippen molar-refractivity contribution in [3.63, 3.8) is 0 Å². The van der Waals surface area contributed by atoms with Crippen molar-refractivity contribution in [1.82, 2.24) is 9.47 Å². The minimum Gasteiger partial charge on any atom is -0.462 e. The second kappa shape index (κ2) is 8.43. The third-order valence-corrected chi connectivity index (χ3v) is 5.23. The fourth-order valence-electron chi connectivity index (χ4n) is 3.92. The molecule has 0 bridgehead atoms. The van der Waals surface area contributed by atoms with Gasteiger partial charge in [-0.15, -0.1) is 0 Å². The molecule has 9 heteroatoms. The SMILES string of the molecule is O=C(Cn1c2c(c3c(F)cc(F)cc31)CCN(Cc1ccc(F)cc1)C2=O)OCCO. The molecule has 0 saturated carbocycles. The Morgan fingerprint density at radius 1 is 1.10 bits per heavy atom. The molecule has 1 aliphatic heterocycles. The summed E-state index contributed by atoms with van der Waals surface area (Å²) in [5.74, 6) is -3.23. The van der Waals surface area contributed by atoms with Crippen LogP contribution in [0.4, 0.5) is 13.2 Å². The molecule has 0 radical (unpaired) electrons. The lowest BCUT2D eigenvalue weighted by molar-refractivity contribution is -0.145. The van der Waals surface area contributed by atoms with Gasteiger partial charge in [-0.2, -0.15) is 0 Å². The summed E-state index contributed by atoms with van der Waals surface area (Å²) < 4.78 is 47.9. The van der Waals surface area contributed by atoms with Crippen LogP contribution in [0.15, 0.2) is 36.4 Å². The van der Waals surface area contributed by atoms with Gasteiger partial charge in [0.2, 0.25) is 0 Å². The van der Waals surface area contributed by atoms with Gasteiger partial charge >= 0.3 is 5.97 Å². The molecule has 0 fully saturated rings. The van der Waals surface area contributed by atoms with E-state index in [1.54, 1.807) is 12.1 Å². The third kappa shape index (κ3) is 4.00. The van der Waals surface area contributed by atoms with Gasteiger partial charge < -0.3 is 19.3 Å². The van der Waals surface area contributed by atoms with Crippen LogP contribution in [0.5, 0.6) is 0 Å². The van der Waals surface area contributed by atoms with Crippen molar-refractivity contribution < 1.29 is 32.6 Å². The Hall–Kier alpha value is -3.33. The maximum atomic E-state index is 14.6. The van der Waals surface area contributed by atoms with Crippen LogP contribution < -0.4 is 0 Å². The summed E-state index contributed by atoms with van der Waals surface area (Å²) >= 11 is 0. The smallest absolute Gasteiger partial charge is 0.326 e. The summed E-state index contributed by atoms with van der Waals surface area (Å²) in [5.41, 5.74) is 1.29. The van der Waals surface area contributed by atoms with Crippen LogP contribution in [0.2, 0.25) is 0 Å². The van der Waals surface area contributed by atoms with E-state index in [1.807, 2.05) is 0 Å². The molecule has 6 nitrogen and oxygen atoms in total. The molecule has 1 amide bonds. The quantitative estimate of drug-likeness (QED) is 0.608. The monoisotopic (exact) mass is 432 g/mol. The van der Waals surface area contributed by atoms with E-state index in [9.17, 15) is 22.8 Å². The summed E-state index contributed by atoms with van der Waals surface area (Å²) in [5, 5.41) is 8.94. The highest BCUT2D eigenvalue weighted by Crippen LogP contribution is 2.34. The molecule has 2 aromatic carbocycles. The number of carbonyl (C=O) groups excluding carboxylic acids is 2. The first-order valence-corrected chi connectivity index (χ1v) is 9.69. The maximum absolute atomic E-state index is 14.6. The van der Waals surface area contributed by atoms with E-state index in [1.165, 1.54) is 21.6 Å². The van der Waals surface area contributed by atoms with Crippen molar-refractivity contribution >= 4 is 22.8 Å². The van der Waals surface area contributed by atoms with Crippen LogP contribution in [-0.4, -0.2) is 46.2 Å². The molecule has 1 N–H and O–H groups in total. The lowest BCUT2D eigenvalue weighted by Crippen LogP contribution is -2.38. The maximum Gasteiger partial charge on any atom is 0.326 e. The standard InChI is InChI=1S/C22H19F3N2O4/c23-14-3-1-13(2-4-14)11-26-6-5-16-20-17(25)9-15(24)10-18(20)27(21(16)22(26)30)12-19(29)31-8-7-28/h1-4,9-10,28H,5-8,11-12H2. The van der Waals surface area contributed by atoms with Crippen molar-refractivity contribution in [2.24, 2.45) is 0 Å². The molecule has 4 rings (SSSR count). The Labute approximate surface area is 175 Å². The van der Waals surface area contributed by atoms with Crippen molar-refractivity contribution in [3.8, 4) is 0 Å². The molecule has 0 unspecified atom stereocenters. The number of aliphatic hydroxyl groups excluding tert-OH is 1. The third-order valence-electron chi connectivity index (χ3n) is 5.23. The molecule has 3 aromatic rings. The minimum atomic E-state index is -0.833. The second-order valence-electron chi connectivity index (χ2n) is 7.24. The van der Waals surface area contributed by atoms with Gasteiger partial charge in [-0.25, -0.2) is 13.2 Å². The topological polar surface area (TPSA) is 71.8 Å². The Morgan fingerprint density at radius 2 is 1.84 bits per heavy atom. The van der Waals surface area contributed by atoms with Gasteiger partial charge in [0.1, 0.15) is 36.3 Å². The van der Waals surface area contributed by atoms with Gasteiger partial charge in [0.05, 0.1) is 12.1 Å². The van der Waals surface area contributed by atoms with Crippen LogP contribution >= 0.6 is 0 Å². The summed E-state index contributed by atoms with van der Waals surface area (Å²) in [4.78, 5) is 27.0. The fraction of sp³-hybridized carbons (Fsp3) is 0.273. The number of halogens is 3. The van der Waals surface area contributed by atoms with Crippen LogP contribution in [-0.2, 0) is 29.0 Å². The Bertz CT molecular complexity index is 1160. The minimum absolute atomic E-state index is 0.0837. The predicted molar refractivity (Wildman–Crippen MR) is 105 cm³/mol. The summed E-state index contributed by atoms with van der Waals surface area (Å²) in [7, 11) is 0. The summed E-state index contributed by atoms with van der Waals surface area (Å²) in [6.45, 7) is -0.553. The number of ether oxygens (including phenoxy) is 1. The van der Waals surface area contributed by atoms with E-state index in [-0.39, 0.29) is 42.9 Å². The number of carbonyl (C=O) groups is 2. The molecular weight excluding hydrogens is 413 g/mol. The van der Waals surface area contributed by atoms with Gasteiger partial charge in [-0.3, -0.25) is 9.59 Å². The van der Waals surface area contributed by atoms with Crippen molar-refractivity contribution in [2.75, 3.05) is 19.8 Å². The van der Waals surface area contributed by atoms with Gasteiger partial charge in [-0.1, -0.05) is 12.1 Å². The number of hydrogen-bond donors (Lipinski definition) is 1. The van der Waals surface area contributed by atoms with E-state index in [0.29, 0.717) is 17.5 Å². The Balaban J connectivity index is 1.76. The lowest BCUT2D eigenvalue weighted by atomic mass is 10.0. The number of amides is 1. The average molecular weight is 432 g/mol. The number of aliphatic hydroxyl groups is 1. The highest BCUT2D eigenvalue weighted by Gasteiger charge is 2.33. The number of esters is 1. The van der Waals surface area contributed by atoms with Gasteiger partial charge in [0, 0.05) is 24.5 Å². The highest BCUT2D eigenvalue weighted by molar-refractivity contribution is 6.03. The average Bonchev–Trinajstić information content (AvgIpc) is 3.04. The number of benzene rings is 2. The predicted octanol–water partition coefficient (Wildman–Crippen LogP) is 2.79. The zero-order chi connectivity index (χ0) is 22.1. The Kier molecular flexibility index (Phi) is 5.69. The number of nitrogens with zero attached hydrogens (tertiary/aromatic N) is 2. The molecule has 1 aliphatic rings. The fourth-order valence-corrected chi connectivity index (χ4v) is 3.92. The van der Waals surface area contributed by atoms with Crippen molar-refractivity contribution in [3.05, 3.63) is 70.7 Å². The van der Waals surface area contributed by atoms with Gasteiger partial charge in [0.25, 0.3) is 5.91 Å². The molecule has 162 valence electrons. The Morgan fingerprint density at radius 3 is 2.55 bits per heavy atom. The molecular formula is C22H19F3N2O4. The van der Waals surface area contributed by atoms with Crippen LogP contribution in [0, 0.1) is 17.5 Å². The van der Waals surface area contributed by atoms with Crippen molar-refractivity contribution in [1.29, 1.82) is 0 Å². The van der Waals surface area contributed by atoms with E-state index in [0.717, 1.165) is 12.1 Å². The second-order valence-corrected chi connectivity index (χ2v) is 7.24. The lowest BCUT2D eigenvalue weighted by Gasteiger charge is -2.28. The van der Waals surface area contributed by atoms with Crippen LogP contribution in [0.3, 0.4) is 0 Å². The zero-order valence-electron chi connectivity index (χ0n) is 16.4. The van der Waals surface area contributed by atoms with E-state index in [4.69, 9.17) is 9.84 Å². The first-order chi connectivity index (χ1) is 14.9. The highest BCUT2D eigenvalue weighted by atomic mass is 19.1. The van der Waals surface area contributed by atoms with E-state index >= 15 is 0 Å². The van der Waals surface area contributed by atoms with Crippen LogP contribution in [0.1, 0.15) is 21.6 Å². The molecule has 0 atom stereocenters. The molecule has 0 saturated heterocycles. The number of rotatable bonds is 6. The first-order valence-electron chi connectivity index (χ1n) is 9.69. The van der Waals surface area contributed by atoms with E-state index in [2.05, 4.69) is 0 Å². The van der Waals surface area contributed by atoms with Gasteiger partial charge in [0.15, 0.2) is 0 Å². The summed E-state index contributed by atoms with van der Waals surface area (Å²) in [6, 6.07) is 7.53. The molecule has 0 spiro atoms. The molecule has 0 aliphatic carbocycles.